The standard InChI is InChI=1S/C28H29F3N4O4/c1-4-21(36)32-23-22(16-5-7-18(8-6-16)26(2,3)38)34-35-14-27(33-25(37)24(23)35)12-11-17-13-19(9-10-20(17)27)39-15-28(29,30)31/h5-10,13,38H,4,11-12,14-15H2,1-3H3,(H,32,36)(H,33,37)/t27-/m0/s1. The van der Waals surface area contributed by atoms with Gasteiger partial charge in [0.15, 0.2) is 12.3 Å². The zero-order valence-corrected chi connectivity index (χ0v) is 21.8. The summed E-state index contributed by atoms with van der Waals surface area (Å²) in [6.45, 7) is 3.97. The number of nitrogens with zero attached hydrogens (tertiary/aromatic N) is 2. The first-order valence-corrected chi connectivity index (χ1v) is 12.7. The lowest BCUT2D eigenvalue weighted by atomic mass is 9.89. The summed E-state index contributed by atoms with van der Waals surface area (Å²) in [7, 11) is 0. The number of aliphatic hydroxyl groups is 1. The van der Waals surface area contributed by atoms with Gasteiger partial charge in [-0.2, -0.15) is 18.3 Å². The Labute approximate surface area is 223 Å². The summed E-state index contributed by atoms with van der Waals surface area (Å²) >= 11 is 0. The van der Waals surface area contributed by atoms with E-state index in [1.165, 1.54) is 6.07 Å². The highest BCUT2D eigenvalue weighted by Crippen LogP contribution is 2.44. The number of hydrogen-bond acceptors (Lipinski definition) is 5. The van der Waals surface area contributed by atoms with E-state index in [1.54, 1.807) is 61.9 Å². The number of amides is 2. The molecule has 1 spiro atoms. The van der Waals surface area contributed by atoms with Gasteiger partial charge in [0.1, 0.15) is 17.1 Å². The number of aryl methyl sites for hydroxylation is 1. The number of nitrogens with one attached hydrogen (secondary N) is 2. The van der Waals surface area contributed by atoms with Crippen molar-refractivity contribution in [2.75, 3.05) is 11.9 Å². The van der Waals surface area contributed by atoms with Crippen molar-refractivity contribution in [1.29, 1.82) is 0 Å². The van der Waals surface area contributed by atoms with Crippen molar-refractivity contribution >= 4 is 17.5 Å². The number of alkyl halides is 3. The molecule has 5 rings (SSSR count). The van der Waals surface area contributed by atoms with Gasteiger partial charge in [-0.25, -0.2) is 0 Å². The fourth-order valence-electron chi connectivity index (χ4n) is 5.24. The van der Waals surface area contributed by atoms with Gasteiger partial charge in [0.05, 0.1) is 17.7 Å². The van der Waals surface area contributed by atoms with Gasteiger partial charge in [-0.15, -0.1) is 0 Å². The van der Waals surface area contributed by atoms with Crippen LogP contribution < -0.4 is 15.4 Å². The summed E-state index contributed by atoms with van der Waals surface area (Å²) in [6, 6.07) is 11.9. The molecular weight excluding hydrogens is 513 g/mol. The third-order valence-electron chi connectivity index (χ3n) is 7.21. The van der Waals surface area contributed by atoms with Crippen molar-refractivity contribution in [2.24, 2.45) is 0 Å². The van der Waals surface area contributed by atoms with Gasteiger partial charge in [0.25, 0.3) is 5.91 Å². The number of fused-ring (bicyclic) bond motifs is 3. The molecule has 2 amide bonds. The van der Waals surface area contributed by atoms with Gasteiger partial charge < -0.3 is 20.5 Å². The Morgan fingerprint density at radius 3 is 2.56 bits per heavy atom. The average Bonchev–Trinajstić information content (AvgIpc) is 3.40. The number of carbonyl (C=O) groups is 2. The van der Waals surface area contributed by atoms with Gasteiger partial charge in [-0.3, -0.25) is 14.3 Å². The van der Waals surface area contributed by atoms with Crippen LogP contribution in [0.2, 0.25) is 0 Å². The summed E-state index contributed by atoms with van der Waals surface area (Å²) in [4.78, 5) is 26.0. The molecule has 0 saturated carbocycles. The normalized spacial score (nSPS) is 18.5. The molecule has 206 valence electrons. The lowest BCUT2D eigenvalue weighted by Gasteiger charge is -2.36. The number of halogens is 3. The van der Waals surface area contributed by atoms with Gasteiger partial charge >= 0.3 is 6.18 Å². The fourth-order valence-corrected chi connectivity index (χ4v) is 5.24. The largest absolute Gasteiger partial charge is 0.484 e. The number of rotatable bonds is 6. The SMILES string of the molecule is CCC(=O)Nc1c(-c2ccc(C(C)(C)O)cc2)nn2c1C(=O)N[C@@]1(CCc3cc(OCC(F)(F)F)ccc31)C2. The van der Waals surface area contributed by atoms with Crippen LogP contribution in [0.4, 0.5) is 18.9 Å². The molecule has 1 aliphatic carbocycles. The van der Waals surface area contributed by atoms with Crippen LogP contribution in [0.25, 0.3) is 11.3 Å². The smallest absolute Gasteiger partial charge is 0.422 e. The van der Waals surface area contributed by atoms with Crippen molar-refractivity contribution in [2.45, 2.75) is 63.9 Å². The monoisotopic (exact) mass is 542 g/mol. The third kappa shape index (κ3) is 5.10. The lowest BCUT2D eigenvalue weighted by molar-refractivity contribution is -0.153. The highest BCUT2D eigenvalue weighted by atomic mass is 19.4. The van der Waals surface area contributed by atoms with Crippen LogP contribution in [-0.4, -0.2) is 39.5 Å². The zero-order valence-electron chi connectivity index (χ0n) is 21.8. The molecule has 39 heavy (non-hydrogen) atoms. The zero-order chi connectivity index (χ0) is 28.2. The predicted octanol–water partition coefficient (Wildman–Crippen LogP) is 4.65. The van der Waals surface area contributed by atoms with E-state index >= 15 is 0 Å². The van der Waals surface area contributed by atoms with Gasteiger partial charge in [-0.05, 0) is 55.5 Å². The van der Waals surface area contributed by atoms with Crippen LogP contribution in [0.1, 0.15) is 60.8 Å². The van der Waals surface area contributed by atoms with Gasteiger partial charge in [-0.1, -0.05) is 37.3 Å². The molecule has 1 aliphatic heterocycles. The Morgan fingerprint density at radius 2 is 1.92 bits per heavy atom. The quantitative estimate of drug-likeness (QED) is 0.421. The number of anilines is 1. The second kappa shape index (κ2) is 9.41. The minimum absolute atomic E-state index is 0.117. The molecule has 11 heteroatoms. The second-order valence-corrected chi connectivity index (χ2v) is 10.5. The van der Waals surface area contributed by atoms with E-state index in [0.29, 0.717) is 35.3 Å². The molecule has 3 N–H and O–H groups in total. The van der Waals surface area contributed by atoms with Crippen LogP contribution in [0.15, 0.2) is 42.5 Å². The Bertz CT molecular complexity index is 1440. The van der Waals surface area contributed by atoms with Crippen LogP contribution in [-0.2, 0) is 28.9 Å². The molecule has 0 fully saturated rings. The molecule has 1 atom stereocenters. The summed E-state index contributed by atoms with van der Waals surface area (Å²) in [5, 5.41) is 21.0. The van der Waals surface area contributed by atoms with E-state index in [2.05, 4.69) is 10.6 Å². The van der Waals surface area contributed by atoms with E-state index in [4.69, 9.17) is 9.84 Å². The molecule has 0 saturated heterocycles. The maximum atomic E-state index is 13.6. The number of benzene rings is 2. The number of carbonyl (C=O) groups excluding carboxylic acids is 2. The topological polar surface area (TPSA) is 105 Å². The minimum atomic E-state index is -4.44. The van der Waals surface area contributed by atoms with Crippen LogP contribution in [0, 0.1) is 0 Å². The van der Waals surface area contributed by atoms with E-state index < -0.39 is 29.8 Å². The Hall–Kier alpha value is -3.86. The first-order chi connectivity index (χ1) is 18.3. The molecular formula is C28H29F3N4O4. The molecule has 8 nitrogen and oxygen atoms in total. The molecule has 1 aromatic heterocycles. The van der Waals surface area contributed by atoms with Crippen LogP contribution in [0.3, 0.4) is 0 Å². The summed E-state index contributed by atoms with van der Waals surface area (Å²) in [5.41, 5.74) is 2.08. The number of ether oxygens (including phenoxy) is 1. The summed E-state index contributed by atoms with van der Waals surface area (Å²) in [6.07, 6.45) is -3.16. The maximum Gasteiger partial charge on any atom is 0.422 e. The highest BCUT2D eigenvalue weighted by Gasteiger charge is 2.46. The molecule has 2 aliphatic rings. The van der Waals surface area contributed by atoms with Crippen LogP contribution >= 0.6 is 0 Å². The fraction of sp³-hybridized carbons (Fsp3) is 0.393. The highest BCUT2D eigenvalue weighted by molar-refractivity contribution is 6.07. The molecule has 0 bridgehead atoms. The first-order valence-electron chi connectivity index (χ1n) is 12.7. The van der Waals surface area contributed by atoms with E-state index in [0.717, 1.165) is 11.1 Å². The van der Waals surface area contributed by atoms with E-state index in [-0.39, 0.29) is 30.3 Å². The first kappa shape index (κ1) is 26.7. The molecule has 2 aromatic carbocycles. The van der Waals surface area contributed by atoms with Crippen molar-refractivity contribution in [3.63, 3.8) is 0 Å². The maximum absolute atomic E-state index is 13.6. The minimum Gasteiger partial charge on any atom is -0.484 e. The Morgan fingerprint density at radius 1 is 1.21 bits per heavy atom. The number of hydrogen-bond donors (Lipinski definition) is 3. The van der Waals surface area contributed by atoms with Crippen molar-refractivity contribution in [3.8, 4) is 17.0 Å². The van der Waals surface area contributed by atoms with Crippen LogP contribution in [0.5, 0.6) is 5.75 Å². The molecule has 0 unspecified atom stereocenters. The predicted molar refractivity (Wildman–Crippen MR) is 137 cm³/mol. The van der Waals surface area contributed by atoms with Crippen molar-refractivity contribution in [1.82, 2.24) is 15.1 Å². The Kier molecular flexibility index (Phi) is 6.45. The average molecular weight is 543 g/mol. The molecule has 0 radical (unpaired) electrons. The number of aromatic nitrogens is 2. The molecule has 3 aromatic rings. The van der Waals surface area contributed by atoms with Crippen molar-refractivity contribution < 1.29 is 32.6 Å². The summed E-state index contributed by atoms with van der Waals surface area (Å²) in [5.74, 6) is -0.568. The third-order valence-corrected chi connectivity index (χ3v) is 7.21. The van der Waals surface area contributed by atoms with E-state index in [9.17, 15) is 27.9 Å². The van der Waals surface area contributed by atoms with E-state index in [1.807, 2.05) is 0 Å². The van der Waals surface area contributed by atoms with Gasteiger partial charge in [0, 0.05) is 12.0 Å². The Balaban J connectivity index is 1.52. The molecule has 2 heterocycles. The van der Waals surface area contributed by atoms with Crippen molar-refractivity contribution in [3.05, 3.63) is 64.8 Å². The second-order valence-electron chi connectivity index (χ2n) is 10.5. The summed E-state index contributed by atoms with van der Waals surface area (Å²) < 4.78 is 44.3. The van der Waals surface area contributed by atoms with Gasteiger partial charge in [0.2, 0.25) is 5.91 Å². The lowest BCUT2D eigenvalue weighted by Crippen LogP contribution is -2.52.